The van der Waals surface area contributed by atoms with Crippen molar-refractivity contribution >= 4 is 0 Å². The Labute approximate surface area is 148 Å². The maximum atomic E-state index is 2.49. The quantitative estimate of drug-likeness (QED) is 0.358. The van der Waals surface area contributed by atoms with Crippen LogP contribution in [0.3, 0.4) is 0 Å². The van der Waals surface area contributed by atoms with Gasteiger partial charge in [0.15, 0.2) is 0 Å². The third kappa shape index (κ3) is 6.14. The number of aromatic nitrogens is 2. The van der Waals surface area contributed by atoms with E-state index < -0.39 is 0 Å². The fourth-order valence-corrected chi connectivity index (χ4v) is 3.30. The van der Waals surface area contributed by atoms with E-state index >= 15 is 0 Å². The molecule has 0 aliphatic rings. The first-order valence-electron chi connectivity index (χ1n) is 9.96. The van der Waals surface area contributed by atoms with Crippen LogP contribution < -0.4 is 4.57 Å². The number of aryl methyl sites for hydroxylation is 2. The SMILES string of the molecule is CCCCCCCn1cc[n+](CCCCC)c1Cc1ccccc1. The van der Waals surface area contributed by atoms with Gasteiger partial charge in [0.2, 0.25) is 0 Å². The summed E-state index contributed by atoms with van der Waals surface area (Å²) in [7, 11) is 0. The first-order chi connectivity index (χ1) is 11.8. The largest absolute Gasteiger partial charge is 0.260 e. The molecule has 0 aliphatic carbocycles. The van der Waals surface area contributed by atoms with Gasteiger partial charge in [-0.05, 0) is 31.2 Å². The number of benzene rings is 1. The molecule has 2 aromatic rings. The first kappa shape index (κ1) is 18.8. The average molecular weight is 328 g/mol. The van der Waals surface area contributed by atoms with Crippen molar-refractivity contribution in [2.45, 2.75) is 84.7 Å². The van der Waals surface area contributed by atoms with Crippen LogP contribution in [0.1, 0.15) is 76.6 Å². The summed E-state index contributed by atoms with van der Waals surface area (Å²) in [6.07, 6.45) is 16.2. The van der Waals surface area contributed by atoms with E-state index in [1.54, 1.807) is 0 Å². The van der Waals surface area contributed by atoms with Crippen molar-refractivity contribution in [3.05, 3.63) is 54.1 Å². The predicted octanol–water partition coefficient (Wildman–Crippen LogP) is 5.53. The Bertz CT molecular complexity index is 557. The molecule has 0 fully saturated rings. The highest BCUT2D eigenvalue weighted by Gasteiger charge is 2.17. The van der Waals surface area contributed by atoms with Gasteiger partial charge in [0.1, 0.15) is 12.4 Å². The van der Waals surface area contributed by atoms with Crippen LogP contribution in [0.4, 0.5) is 0 Å². The molecule has 0 radical (unpaired) electrons. The van der Waals surface area contributed by atoms with E-state index in [0.717, 1.165) is 19.5 Å². The van der Waals surface area contributed by atoms with Crippen molar-refractivity contribution in [3.63, 3.8) is 0 Å². The number of nitrogens with zero attached hydrogens (tertiary/aromatic N) is 2. The van der Waals surface area contributed by atoms with Crippen molar-refractivity contribution in [2.24, 2.45) is 0 Å². The zero-order valence-corrected chi connectivity index (χ0v) is 15.7. The van der Waals surface area contributed by atoms with E-state index in [1.807, 2.05) is 0 Å². The summed E-state index contributed by atoms with van der Waals surface area (Å²) in [5.41, 5.74) is 1.41. The van der Waals surface area contributed by atoms with Gasteiger partial charge < -0.3 is 0 Å². The normalized spacial score (nSPS) is 11.1. The highest BCUT2D eigenvalue weighted by Crippen LogP contribution is 2.10. The Kier molecular flexibility index (Phi) is 8.65. The summed E-state index contributed by atoms with van der Waals surface area (Å²) in [6, 6.07) is 10.9. The molecule has 0 bridgehead atoms. The maximum absolute atomic E-state index is 2.49. The molecule has 132 valence electrons. The molecule has 0 aliphatic heterocycles. The maximum Gasteiger partial charge on any atom is 0.260 e. The number of rotatable bonds is 12. The van der Waals surface area contributed by atoms with Gasteiger partial charge in [-0.25, -0.2) is 9.13 Å². The molecule has 0 amide bonds. The number of imidazole rings is 1. The Morgan fingerprint density at radius 1 is 0.833 bits per heavy atom. The number of hydrogen-bond acceptors (Lipinski definition) is 0. The van der Waals surface area contributed by atoms with Crippen molar-refractivity contribution < 1.29 is 4.57 Å². The molecule has 0 spiro atoms. The smallest absolute Gasteiger partial charge is 0.234 e. The number of hydrogen-bond donors (Lipinski definition) is 0. The third-order valence-electron chi connectivity index (χ3n) is 4.80. The molecule has 1 aromatic carbocycles. The lowest BCUT2D eigenvalue weighted by Crippen LogP contribution is -2.37. The molecule has 2 nitrogen and oxygen atoms in total. The lowest BCUT2D eigenvalue weighted by atomic mass is 10.1. The van der Waals surface area contributed by atoms with E-state index in [2.05, 4.69) is 65.7 Å². The van der Waals surface area contributed by atoms with E-state index in [1.165, 1.54) is 62.8 Å². The Morgan fingerprint density at radius 3 is 2.29 bits per heavy atom. The summed E-state index contributed by atoms with van der Waals surface area (Å²) < 4.78 is 4.97. The van der Waals surface area contributed by atoms with Gasteiger partial charge in [0, 0.05) is 0 Å². The molecule has 24 heavy (non-hydrogen) atoms. The molecular formula is C22H35N2+. The van der Waals surface area contributed by atoms with Crippen molar-refractivity contribution in [2.75, 3.05) is 0 Å². The average Bonchev–Trinajstić information content (AvgIpc) is 2.98. The van der Waals surface area contributed by atoms with Crippen LogP contribution in [0.25, 0.3) is 0 Å². The van der Waals surface area contributed by atoms with Crippen LogP contribution in [-0.2, 0) is 19.5 Å². The lowest BCUT2D eigenvalue weighted by molar-refractivity contribution is -0.703. The van der Waals surface area contributed by atoms with Crippen LogP contribution in [-0.4, -0.2) is 4.57 Å². The van der Waals surface area contributed by atoms with Crippen LogP contribution in [0.2, 0.25) is 0 Å². The van der Waals surface area contributed by atoms with Gasteiger partial charge in [-0.15, -0.1) is 0 Å². The minimum absolute atomic E-state index is 1.04. The highest BCUT2D eigenvalue weighted by atomic mass is 15.1. The highest BCUT2D eigenvalue weighted by molar-refractivity contribution is 5.18. The van der Waals surface area contributed by atoms with Gasteiger partial charge >= 0.3 is 0 Å². The summed E-state index contributed by atoms with van der Waals surface area (Å²) in [6.45, 7) is 6.87. The lowest BCUT2D eigenvalue weighted by Gasteiger charge is -2.06. The summed E-state index contributed by atoms with van der Waals surface area (Å²) in [5.74, 6) is 1.47. The Morgan fingerprint density at radius 2 is 1.54 bits per heavy atom. The molecule has 2 rings (SSSR count). The van der Waals surface area contributed by atoms with E-state index in [0.29, 0.717) is 0 Å². The van der Waals surface area contributed by atoms with Crippen molar-refractivity contribution in [1.29, 1.82) is 0 Å². The fraction of sp³-hybridized carbons (Fsp3) is 0.591. The second-order valence-electron chi connectivity index (χ2n) is 6.88. The topological polar surface area (TPSA) is 8.81 Å². The summed E-state index contributed by atoms with van der Waals surface area (Å²) in [4.78, 5) is 0. The molecule has 2 heteroatoms. The zero-order chi connectivity index (χ0) is 17.0. The molecule has 1 aromatic heterocycles. The standard InChI is InChI=1S/C22H35N2/c1-3-5-7-8-13-17-24-19-18-23(16-12-6-4-2)22(24)20-21-14-10-9-11-15-21/h9-11,14-15,18-19H,3-8,12-13,16-17,20H2,1-2H3/q+1. The second-order valence-corrected chi connectivity index (χ2v) is 6.88. The minimum atomic E-state index is 1.04. The van der Waals surface area contributed by atoms with E-state index in [9.17, 15) is 0 Å². The summed E-state index contributed by atoms with van der Waals surface area (Å²) in [5, 5.41) is 0. The molecular weight excluding hydrogens is 292 g/mol. The van der Waals surface area contributed by atoms with Gasteiger partial charge in [-0.2, -0.15) is 0 Å². The van der Waals surface area contributed by atoms with Crippen molar-refractivity contribution in [3.8, 4) is 0 Å². The van der Waals surface area contributed by atoms with Crippen molar-refractivity contribution in [1.82, 2.24) is 4.57 Å². The van der Waals surface area contributed by atoms with E-state index in [-0.39, 0.29) is 0 Å². The molecule has 0 atom stereocenters. The molecule has 0 N–H and O–H groups in total. The fourth-order valence-electron chi connectivity index (χ4n) is 3.30. The minimum Gasteiger partial charge on any atom is -0.234 e. The first-order valence-corrected chi connectivity index (χ1v) is 9.96. The van der Waals surface area contributed by atoms with Gasteiger partial charge in [0.25, 0.3) is 5.82 Å². The van der Waals surface area contributed by atoms with Crippen LogP contribution in [0.15, 0.2) is 42.7 Å². The molecule has 0 saturated carbocycles. The van der Waals surface area contributed by atoms with Crippen LogP contribution >= 0.6 is 0 Å². The molecule has 0 saturated heterocycles. The molecule has 1 heterocycles. The van der Waals surface area contributed by atoms with Gasteiger partial charge in [0.05, 0.1) is 19.5 Å². The Balaban J connectivity index is 2.02. The monoisotopic (exact) mass is 327 g/mol. The van der Waals surface area contributed by atoms with Gasteiger partial charge in [-0.1, -0.05) is 69.9 Å². The predicted molar refractivity (Wildman–Crippen MR) is 102 cm³/mol. The Hall–Kier alpha value is -1.57. The summed E-state index contributed by atoms with van der Waals surface area (Å²) >= 11 is 0. The van der Waals surface area contributed by atoms with Crippen LogP contribution in [0, 0.1) is 0 Å². The van der Waals surface area contributed by atoms with Crippen LogP contribution in [0.5, 0.6) is 0 Å². The third-order valence-corrected chi connectivity index (χ3v) is 4.80. The number of unbranched alkanes of at least 4 members (excludes halogenated alkanes) is 6. The molecule has 0 unspecified atom stereocenters. The second kappa shape index (κ2) is 11.1. The van der Waals surface area contributed by atoms with Gasteiger partial charge in [-0.3, -0.25) is 0 Å². The van der Waals surface area contributed by atoms with E-state index in [4.69, 9.17) is 0 Å². The zero-order valence-electron chi connectivity index (χ0n) is 15.7.